The molecular weight excluding hydrogens is 256 g/mol. The lowest BCUT2D eigenvalue weighted by Crippen LogP contribution is -2.65. The summed E-state index contributed by atoms with van der Waals surface area (Å²) in [6.45, 7) is 7.06. The second kappa shape index (κ2) is 6.50. The van der Waals surface area contributed by atoms with E-state index in [-0.39, 0.29) is 0 Å². The van der Waals surface area contributed by atoms with Crippen LogP contribution in [0.3, 0.4) is 0 Å². The Morgan fingerprint density at radius 3 is 2.57 bits per heavy atom. The van der Waals surface area contributed by atoms with Crippen LogP contribution in [0.2, 0.25) is 0 Å². The van der Waals surface area contributed by atoms with Crippen LogP contribution in [-0.2, 0) is 6.42 Å². The van der Waals surface area contributed by atoms with Gasteiger partial charge in [0.05, 0.1) is 0 Å². The zero-order valence-corrected chi connectivity index (χ0v) is 13.6. The molecule has 2 atom stereocenters. The third kappa shape index (κ3) is 3.49. The van der Waals surface area contributed by atoms with E-state index in [2.05, 4.69) is 54.4 Å². The van der Waals surface area contributed by atoms with Crippen LogP contribution in [0.15, 0.2) is 30.3 Å². The Hall–Kier alpha value is -0.860. The normalized spacial score (nSPS) is 31.6. The van der Waals surface area contributed by atoms with E-state index in [1.807, 2.05) is 0 Å². The Bertz CT molecular complexity index is 438. The van der Waals surface area contributed by atoms with Crippen molar-refractivity contribution in [3.8, 4) is 0 Å². The molecule has 1 aliphatic heterocycles. The van der Waals surface area contributed by atoms with E-state index < -0.39 is 0 Å². The van der Waals surface area contributed by atoms with Crippen molar-refractivity contribution in [2.45, 2.75) is 70.0 Å². The Morgan fingerprint density at radius 2 is 1.90 bits per heavy atom. The molecule has 116 valence electrons. The predicted octanol–water partition coefficient (Wildman–Crippen LogP) is 3.61. The van der Waals surface area contributed by atoms with Gasteiger partial charge in [0.2, 0.25) is 0 Å². The number of hydrogen-bond donors (Lipinski definition) is 1. The van der Waals surface area contributed by atoms with Crippen molar-refractivity contribution in [1.82, 2.24) is 10.2 Å². The van der Waals surface area contributed by atoms with Crippen LogP contribution in [0.4, 0.5) is 0 Å². The zero-order chi connectivity index (χ0) is 14.7. The van der Waals surface area contributed by atoms with Crippen molar-refractivity contribution in [3.63, 3.8) is 0 Å². The molecule has 2 unspecified atom stereocenters. The van der Waals surface area contributed by atoms with Gasteiger partial charge < -0.3 is 5.32 Å². The van der Waals surface area contributed by atoms with E-state index in [1.165, 1.54) is 50.6 Å². The molecule has 0 radical (unpaired) electrons. The molecule has 1 aromatic carbocycles. The van der Waals surface area contributed by atoms with Gasteiger partial charge in [-0.1, -0.05) is 50.1 Å². The standard InChI is InChI=1S/C19H30N2/c1-3-19(2)15-21(17-11-7-8-12-17)18(14-20-19)13-16-9-5-4-6-10-16/h4-6,9-10,17-18,20H,3,7-8,11-15H2,1-2H3. The second-order valence-electron chi connectivity index (χ2n) is 7.25. The monoisotopic (exact) mass is 286 g/mol. The lowest BCUT2D eigenvalue weighted by molar-refractivity contribution is 0.0476. The summed E-state index contributed by atoms with van der Waals surface area (Å²) in [7, 11) is 0. The fraction of sp³-hybridized carbons (Fsp3) is 0.684. The van der Waals surface area contributed by atoms with E-state index in [1.54, 1.807) is 0 Å². The third-order valence-electron chi connectivity index (χ3n) is 5.65. The molecule has 1 aromatic rings. The van der Waals surface area contributed by atoms with Gasteiger partial charge in [0.15, 0.2) is 0 Å². The first-order valence-corrected chi connectivity index (χ1v) is 8.75. The number of hydrogen-bond acceptors (Lipinski definition) is 2. The molecule has 1 aliphatic carbocycles. The first-order valence-electron chi connectivity index (χ1n) is 8.75. The molecule has 2 fully saturated rings. The maximum Gasteiger partial charge on any atom is 0.0278 e. The quantitative estimate of drug-likeness (QED) is 0.909. The Morgan fingerprint density at radius 1 is 1.19 bits per heavy atom. The summed E-state index contributed by atoms with van der Waals surface area (Å²) in [6, 6.07) is 12.5. The fourth-order valence-electron chi connectivity index (χ4n) is 4.04. The molecule has 1 N–H and O–H groups in total. The molecule has 1 heterocycles. The van der Waals surface area contributed by atoms with Crippen LogP contribution in [-0.4, -0.2) is 35.6 Å². The molecule has 1 saturated carbocycles. The number of piperazine rings is 1. The van der Waals surface area contributed by atoms with E-state index in [9.17, 15) is 0 Å². The summed E-state index contributed by atoms with van der Waals surface area (Å²) >= 11 is 0. The maximum atomic E-state index is 3.83. The number of benzene rings is 1. The number of nitrogens with zero attached hydrogens (tertiary/aromatic N) is 1. The largest absolute Gasteiger partial charge is 0.309 e. The summed E-state index contributed by atoms with van der Waals surface area (Å²) in [5.74, 6) is 0. The molecule has 0 amide bonds. The first-order chi connectivity index (χ1) is 10.2. The molecule has 3 rings (SSSR count). The molecule has 2 nitrogen and oxygen atoms in total. The van der Waals surface area contributed by atoms with Gasteiger partial charge in [0.25, 0.3) is 0 Å². The van der Waals surface area contributed by atoms with Gasteiger partial charge in [-0.25, -0.2) is 0 Å². The Kier molecular flexibility index (Phi) is 4.66. The van der Waals surface area contributed by atoms with Gasteiger partial charge in [-0.05, 0) is 38.2 Å². The van der Waals surface area contributed by atoms with Crippen molar-refractivity contribution < 1.29 is 0 Å². The van der Waals surface area contributed by atoms with Gasteiger partial charge in [-0.3, -0.25) is 4.90 Å². The SMILES string of the molecule is CCC1(C)CN(C2CCCC2)C(Cc2ccccc2)CN1. The molecule has 1 saturated heterocycles. The Balaban J connectivity index is 1.74. The summed E-state index contributed by atoms with van der Waals surface area (Å²) in [5.41, 5.74) is 1.78. The van der Waals surface area contributed by atoms with Gasteiger partial charge in [0.1, 0.15) is 0 Å². The minimum Gasteiger partial charge on any atom is -0.309 e. The predicted molar refractivity (Wildman–Crippen MR) is 89.6 cm³/mol. The second-order valence-corrected chi connectivity index (χ2v) is 7.25. The van der Waals surface area contributed by atoms with Gasteiger partial charge in [-0.2, -0.15) is 0 Å². The molecule has 2 heteroatoms. The highest BCUT2D eigenvalue weighted by Gasteiger charge is 2.38. The van der Waals surface area contributed by atoms with Crippen molar-refractivity contribution in [2.75, 3.05) is 13.1 Å². The van der Waals surface area contributed by atoms with E-state index in [0.29, 0.717) is 11.6 Å². The summed E-state index contributed by atoms with van der Waals surface area (Å²) in [6.07, 6.45) is 8.07. The average molecular weight is 286 g/mol. The zero-order valence-electron chi connectivity index (χ0n) is 13.6. The topological polar surface area (TPSA) is 15.3 Å². The van der Waals surface area contributed by atoms with Crippen molar-refractivity contribution in [3.05, 3.63) is 35.9 Å². The van der Waals surface area contributed by atoms with Gasteiger partial charge >= 0.3 is 0 Å². The van der Waals surface area contributed by atoms with Crippen molar-refractivity contribution in [1.29, 1.82) is 0 Å². The lowest BCUT2D eigenvalue weighted by Gasteiger charge is -2.48. The molecular formula is C19H30N2. The fourth-order valence-corrected chi connectivity index (χ4v) is 4.04. The van der Waals surface area contributed by atoms with E-state index >= 15 is 0 Å². The summed E-state index contributed by atoms with van der Waals surface area (Å²) in [5, 5.41) is 3.83. The molecule has 0 aromatic heterocycles. The minimum absolute atomic E-state index is 0.301. The summed E-state index contributed by atoms with van der Waals surface area (Å²) < 4.78 is 0. The maximum absolute atomic E-state index is 3.83. The molecule has 2 aliphatic rings. The minimum atomic E-state index is 0.301. The van der Waals surface area contributed by atoms with Gasteiger partial charge in [0, 0.05) is 30.7 Å². The molecule has 0 spiro atoms. The Labute approximate surface area is 129 Å². The van der Waals surface area contributed by atoms with Crippen LogP contribution >= 0.6 is 0 Å². The lowest BCUT2D eigenvalue weighted by atomic mass is 9.90. The van der Waals surface area contributed by atoms with Crippen LogP contribution in [0.1, 0.15) is 51.5 Å². The number of nitrogens with one attached hydrogen (secondary N) is 1. The van der Waals surface area contributed by atoms with Crippen LogP contribution in [0.25, 0.3) is 0 Å². The van der Waals surface area contributed by atoms with Crippen LogP contribution in [0.5, 0.6) is 0 Å². The highest BCUT2D eigenvalue weighted by molar-refractivity contribution is 5.17. The van der Waals surface area contributed by atoms with Crippen molar-refractivity contribution >= 4 is 0 Å². The highest BCUT2D eigenvalue weighted by Crippen LogP contribution is 2.30. The van der Waals surface area contributed by atoms with E-state index in [4.69, 9.17) is 0 Å². The highest BCUT2D eigenvalue weighted by atomic mass is 15.3. The molecule has 21 heavy (non-hydrogen) atoms. The van der Waals surface area contributed by atoms with E-state index in [0.717, 1.165) is 12.6 Å². The summed E-state index contributed by atoms with van der Waals surface area (Å²) in [4.78, 5) is 2.85. The van der Waals surface area contributed by atoms with Crippen molar-refractivity contribution in [2.24, 2.45) is 0 Å². The first kappa shape index (κ1) is 15.1. The van der Waals surface area contributed by atoms with Crippen LogP contribution < -0.4 is 5.32 Å². The average Bonchev–Trinajstić information content (AvgIpc) is 3.05. The third-order valence-corrected chi connectivity index (χ3v) is 5.65. The number of rotatable bonds is 4. The van der Waals surface area contributed by atoms with Crippen LogP contribution in [0, 0.1) is 0 Å². The van der Waals surface area contributed by atoms with Gasteiger partial charge in [-0.15, -0.1) is 0 Å². The molecule has 0 bridgehead atoms. The smallest absolute Gasteiger partial charge is 0.0278 e.